The van der Waals surface area contributed by atoms with Crippen LogP contribution in [0.5, 0.6) is 0 Å². The van der Waals surface area contributed by atoms with E-state index in [2.05, 4.69) is 18.2 Å². The summed E-state index contributed by atoms with van der Waals surface area (Å²) in [5.41, 5.74) is 4.52. The summed E-state index contributed by atoms with van der Waals surface area (Å²) in [7, 11) is 0. The fourth-order valence-electron chi connectivity index (χ4n) is 2.19. The summed E-state index contributed by atoms with van der Waals surface area (Å²) in [4.78, 5) is 0. The normalized spacial score (nSPS) is 25.4. The lowest BCUT2D eigenvalue weighted by Crippen LogP contribution is -2.02. The molecule has 68 valence electrons. The fraction of sp³-hybridized carbons (Fsp3) is 0.500. The second kappa shape index (κ2) is 2.85. The predicted molar refractivity (Wildman–Crippen MR) is 51.8 cm³/mol. The van der Waals surface area contributed by atoms with Crippen LogP contribution >= 0.6 is 0 Å². The number of hydrogen-bond acceptors (Lipinski definition) is 1. The van der Waals surface area contributed by atoms with Crippen molar-refractivity contribution in [2.45, 2.75) is 31.8 Å². The molecule has 1 aliphatic heterocycles. The highest BCUT2D eigenvalue weighted by atomic mass is 16.6. The molecule has 1 aromatic carbocycles. The fourth-order valence-corrected chi connectivity index (χ4v) is 2.19. The molecule has 1 nitrogen and oxygen atoms in total. The lowest BCUT2D eigenvalue weighted by molar-refractivity contribution is 0.415. The van der Waals surface area contributed by atoms with Crippen molar-refractivity contribution in [1.82, 2.24) is 0 Å². The Balaban J connectivity index is 1.98. The Morgan fingerprint density at radius 2 is 1.85 bits per heavy atom. The van der Waals surface area contributed by atoms with Crippen LogP contribution in [0, 0.1) is 0 Å². The lowest BCUT2D eigenvalue weighted by Gasteiger charge is -2.15. The average molecular weight is 174 g/mol. The van der Waals surface area contributed by atoms with E-state index in [-0.39, 0.29) is 0 Å². The SMILES string of the molecule is c1cc2c(cc1C1CO1)CCCC2. The van der Waals surface area contributed by atoms with Gasteiger partial charge in [0.05, 0.1) is 6.61 Å². The van der Waals surface area contributed by atoms with E-state index < -0.39 is 0 Å². The number of benzene rings is 1. The van der Waals surface area contributed by atoms with Gasteiger partial charge in [0.15, 0.2) is 0 Å². The standard InChI is InChI=1S/C12H14O/c1-2-4-10-7-11(12-8-13-12)6-5-9(10)3-1/h5-7,12H,1-4,8H2. The largest absolute Gasteiger partial charge is 0.368 e. The van der Waals surface area contributed by atoms with Gasteiger partial charge in [0.2, 0.25) is 0 Å². The summed E-state index contributed by atoms with van der Waals surface area (Å²) in [5, 5.41) is 0. The Kier molecular flexibility index (Phi) is 1.66. The quantitative estimate of drug-likeness (QED) is 0.596. The molecule has 1 atom stereocenters. The summed E-state index contributed by atoms with van der Waals surface area (Å²) in [6.45, 7) is 0.929. The van der Waals surface area contributed by atoms with Crippen LogP contribution in [0.25, 0.3) is 0 Å². The van der Waals surface area contributed by atoms with E-state index in [1.165, 1.54) is 31.2 Å². The van der Waals surface area contributed by atoms with E-state index in [0.717, 1.165) is 6.61 Å². The number of aryl methyl sites for hydroxylation is 2. The maximum absolute atomic E-state index is 5.29. The van der Waals surface area contributed by atoms with Gasteiger partial charge < -0.3 is 4.74 Å². The topological polar surface area (TPSA) is 12.5 Å². The first kappa shape index (κ1) is 7.57. The molecule has 0 N–H and O–H groups in total. The average Bonchev–Trinajstić information content (AvgIpc) is 3.00. The molecule has 1 heterocycles. The molecule has 0 spiro atoms. The highest BCUT2D eigenvalue weighted by Gasteiger charge is 2.25. The first-order chi connectivity index (χ1) is 6.43. The van der Waals surface area contributed by atoms with Crippen LogP contribution in [0.3, 0.4) is 0 Å². The molecule has 1 aromatic rings. The number of hydrogen-bond donors (Lipinski definition) is 0. The minimum atomic E-state index is 0.423. The van der Waals surface area contributed by atoms with Crippen molar-refractivity contribution in [3.63, 3.8) is 0 Å². The first-order valence-corrected chi connectivity index (χ1v) is 5.17. The zero-order chi connectivity index (χ0) is 8.67. The molecule has 0 radical (unpaired) electrons. The summed E-state index contributed by atoms with van der Waals surface area (Å²) in [5.74, 6) is 0. The molecule has 0 aromatic heterocycles. The van der Waals surface area contributed by atoms with Crippen molar-refractivity contribution in [3.8, 4) is 0 Å². The van der Waals surface area contributed by atoms with Gasteiger partial charge >= 0.3 is 0 Å². The van der Waals surface area contributed by atoms with Crippen LogP contribution in [-0.4, -0.2) is 6.61 Å². The van der Waals surface area contributed by atoms with Crippen molar-refractivity contribution >= 4 is 0 Å². The van der Waals surface area contributed by atoms with E-state index in [1.54, 1.807) is 11.1 Å². The van der Waals surface area contributed by atoms with Gasteiger partial charge in [-0.1, -0.05) is 18.2 Å². The highest BCUT2D eigenvalue weighted by Crippen LogP contribution is 2.32. The van der Waals surface area contributed by atoms with Gasteiger partial charge in [-0.25, -0.2) is 0 Å². The molecule has 1 fully saturated rings. The third-order valence-electron chi connectivity index (χ3n) is 3.08. The summed E-state index contributed by atoms with van der Waals surface area (Å²) >= 11 is 0. The molecule has 3 rings (SSSR count). The number of epoxide rings is 1. The molecule has 1 saturated heterocycles. The molecular formula is C12H14O. The molecule has 1 unspecified atom stereocenters. The smallest absolute Gasteiger partial charge is 0.106 e. The minimum absolute atomic E-state index is 0.423. The lowest BCUT2D eigenvalue weighted by atomic mass is 9.90. The Morgan fingerprint density at radius 1 is 1.08 bits per heavy atom. The summed E-state index contributed by atoms with van der Waals surface area (Å²) in [6.07, 6.45) is 5.71. The predicted octanol–water partition coefficient (Wildman–Crippen LogP) is 2.64. The van der Waals surface area contributed by atoms with Crippen molar-refractivity contribution in [2.75, 3.05) is 6.61 Å². The molecule has 1 heteroatoms. The second-order valence-electron chi connectivity index (χ2n) is 4.06. The zero-order valence-electron chi connectivity index (χ0n) is 7.75. The second-order valence-corrected chi connectivity index (χ2v) is 4.06. The van der Waals surface area contributed by atoms with Crippen LogP contribution < -0.4 is 0 Å². The van der Waals surface area contributed by atoms with Crippen LogP contribution in [-0.2, 0) is 17.6 Å². The molecule has 0 amide bonds. The van der Waals surface area contributed by atoms with Crippen LogP contribution in [0.1, 0.15) is 35.6 Å². The zero-order valence-corrected chi connectivity index (χ0v) is 7.75. The Hall–Kier alpha value is -0.820. The van der Waals surface area contributed by atoms with Crippen LogP contribution in [0.2, 0.25) is 0 Å². The highest BCUT2D eigenvalue weighted by molar-refractivity contribution is 5.35. The van der Waals surface area contributed by atoms with Gasteiger partial charge in [0.25, 0.3) is 0 Å². The van der Waals surface area contributed by atoms with Gasteiger partial charge in [-0.3, -0.25) is 0 Å². The molecule has 1 aliphatic carbocycles. The van der Waals surface area contributed by atoms with Crippen molar-refractivity contribution < 1.29 is 4.74 Å². The summed E-state index contributed by atoms with van der Waals surface area (Å²) < 4.78 is 5.29. The van der Waals surface area contributed by atoms with Gasteiger partial charge in [-0.05, 0) is 42.4 Å². The molecule has 2 aliphatic rings. The molecule has 13 heavy (non-hydrogen) atoms. The Morgan fingerprint density at radius 3 is 2.62 bits per heavy atom. The van der Waals surface area contributed by atoms with E-state index in [0.29, 0.717) is 6.10 Å². The third-order valence-corrected chi connectivity index (χ3v) is 3.08. The number of fused-ring (bicyclic) bond motifs is 1. The molecule has 0 bridgehead atoms. The van der Waals surface area contributed by atoms with Gasteiger partial charge in [-0.15, -0.1) is 0 Å². The maximum Gasteiger partial charge on any atom is 0.106 e. The third kappa shape index (κ3) is 1.37. The van der Waals surface area contributed by atoms with Crippen molar-refractivity contribution in [3.05, 3.63) is 34.9 Å². The van der Waals surface area contributed by atoms with E-state index in [1.807, 2.05) is 0 Å². The van der Waals surface area contributed by atoms with Crippen molar-refractivity contribution in [2.24, 2.45) is 0 Å². The first-order valence-electron chi connectivity index (χ1n) is 5.17. The molecule has 0 saturated carbocycles. The monoisotopic (exact) mass is 174 g/mol. The Labute approximate surface area is 78.7 Å². The van der Waals surface area contributed by atoms with Gasteiger partial charge in [-0.2, -0.15) is 0 Å². The van der Waals surface area contributed by atoms with E-state index >= 15 is 0 Å². The van der Waals surface area contributed by atoms with E-state index in [9.17, 15) is 0 Å². The van der Waals surface area contributed by atoms with Gasteiger partial charge in [0.1, 0.15) is 6.10 Å². The van der Waals surface area contributed by atoms with Crippen molar-refractivity contribution in [1.29, 1.82) is 0 Å². The van der Waals surface area contributed by atoms with Crippen LogP contribution in [0.15, 0.2) is 18.2 Å². The minimum Gasteiger partial charge on any atom is -0.368 e. The maximum atomic E-state index is 5.29. The van der Waals surface area contributed by atoms with E-state index in [4.69, 9.17) is 4.74 Å². The molecular weight excluding hydrogens is 160 g/mol. The van der Waals surface area contributed by atoms with Crippen LogP contribution in [0.4, 0.5) is 0 Å². The van der Waals surface area contributed by atoms with Gasteiger partial charge in [0, 0.05) is 0 Å². The summed E-state index contributed by atoms with van der Waals surface area (Å²) in [6, 6.07) is 6.89. The Bertz CT molecular complexity index is 326. The number of rotatable bonds is 1. The number of ether oxygens (including phenoxy) is 1.